The van der Waals surface area contributed by atoms with Crippen molar-refractivity contribution in [3.8, 4) is 11.4 Å². The Balaban J connectivity index is 1.82. The predicted octanol–water partition coefficient (Wildman–Crippen LogP) is 3.07. The van der Waals surface area contributed by atoms with Crippen LogP contribution < -0.4 is 10.1 Å². The Hall–Kier alpha value is -2.28. The van der Waals surface area contributed by atoms with E-state index < -0.39 is 0 Å². The van der Waals surface area contributed by atoms with Crippen LogP contribution in [0.5, 0.6) is 0 Å². The molecule has 0 aliphatic heterocycles. The summed E-state index contributed by atoms with van der Waals surface area (Å²) in [5, 5.41) is 5.20. The molecule has 0 fully saturated rings. The van der Waals surface area contributed by atoms with Gasteiger partial charge in [-0.05, 0) is 35.9 Å². The zero-order valence-corrected chi connectivity index (χ0v) is 14.3. The summed E-state index contributed by atoms with van der Waals surface area (Å²) in [6.07, 6.45) is 5.07. The summed E-state index contributed by atoms with van der Waals surface area (Å²) in [5.74, 6) is 0.502. The molecule has 0 aliphatic rings. The predicted molar refractivity (Wildman–Crippen MR) is 95.6 cm³/mol. The van der Waals surface area contributed by atoms with E-state index in [0.29, 0.717) is 25.4 Å². The molecule has 0 radical (unpaired) electrons. The topological polar surface area (TPSA) is 60.2 Å². The number of nitrogens with zero attached hydrogens (tertiary/aromatic N) is 4. The van der Waals surface area contributed by atoms with Crippen LogP contribution in [0.3, 0.4) is 0 Å². The van der Waals surface area contributed by atoms with Crippen LogP contribution in [-0.2, 0) is 0 Å². The van der Waals surface area contributed by atoms with Crippen molar-refractivity contribution in [3.05, 3.63) is 73.2 Å². The standard InChI is InChI=1S/C16H8Cl2N4OS/c17-11-2-1-9(7-12(11)18)8-13-15(23)22-16(24-13)20-14(21-22)10-3-5-19-6-4-10/h1-8H. The fraction of sp³-hybridized carbons (Fsp3) is 0. The average Bonchev–Trinajstić information content (AvgIpc) is 3.12. The second-order valence-electron chi connectivity index (χ2n) is 4.96. The van der Waals surface area contributed by atoms with Crippen molar-refractivity contribution in [1.82, 2.24) is 19.6 Å². The number of fused-ring (bicyclic) bond motifs is 1. The van der Waals surface area contributed by atoms with Gasteiger partial charge in [0.2, 0.25) is 4.96 Å². The highest BCUT2D eigenvalue weighted by Crippen LogP contribution is 2.23. The van der Waals surface area contributed by atoms with Crippen LogP contribution in [0.4, 0.5) is 0 Å². The SMILES string of the molecule is O=c1c(=Cc2ccc(Cl)c(Cl)c2)sc2nc(-c3ccncc3)nn12. The summed E-state index contributed by atoms with van der Waals surface area (Å²) < 4.78 is 1.84. The summed E-state index contributed by atoms with van der Waals surface area (Å²) in [7, 11) is 0. The van der Waals surface area contributed by atoms with E-state index in [9.17, 15) is 4.79 Å². The van der Waals surface area contributed by atoms with Crippen LogP contribution in [0.15, 0.2) is 47.5 Å². The first kappa shape index (κ1) is 15.3. The Morgan fingerprint density at radius 3 is 2.58 bits per heavy atom. The number of aromatic nitrogens is 4. The second-order valence-corrected chi connectivity index (χ2v) is 6.78. The summed E-state index contributed by atoms with van der Waals surface area (Å²) in [5.41, 5.74) is 1.39. The first-order valence-electron chi connectivity index (χ1n) is 6.88. The fourth-order valence-electron chi connectivity index (χ4n) is 2.21. The molecule has 0 unspecified atom stereocenters. The number of benzene rings is 1. The van der Waals surface area contributed by atoms with Crippen LogP contribution in [0, 0.1) is 0 Å². The molecular weight excluding hydrogens is 367 g/mol. The van der Waals surface area contributed by atoms with Gasteiger partial charge >= 0.3 is 0 Å². The lowest BCUT2D eigenvalue weighted by Crippen LogP contribution is -2.23. The number of thiazole rings is 1. The van der Waals surface area contributed by atoms with Crippen molar-refractivity contribution >= 4 is 45.6 Å². The Morgan fingerprint density at radius 1 is 1.08 bits per heavy atom. The molecule has 0 aliphatic carbocycles. The number of hydrogen-bond donors (Lipinski definition) is 0. The lowest BCUT2D eigenvalue weighted by atomic mass is 10.2. The van der Waals surface area contributed by atoms with E-state index in [1.807, 2.05) is 0 Å². The molecule has 0 bridgehead atoms. The normalized spacial score (nSPS) is 12.2. The zero-order valence-electron chi connectivity index (χ0n) is 12.0. The van der Waals surface area contributed by atoms with Crippen molar-refractivity contribution in [2.75, 3.05) is 0 Å². The van der Waals surface area contributed by atoms with Gasteiger partial charge in [0.05, 0.1) is 14.6 Å². The molecule has 3 heterocycles. The molecule has 24 heavy (non-hydrogen) atoms. The lowest BCUT2D eigenvalue weighted by Gasteiger charge is -1.96. The Labute approximate surface area is 149 Å². The Bertz CT molecular complexity index is 1150. The van der Waals surface area contributed by atoms with E-state index in [4.69, 9.17) is 23.2 Å². The average molecular weight is 375 g/mol. The number of halogens is 2. The molecule has 0 amide bonds. The van der Waals surface area contributed by atoms with E-state index in [1.54, 1.807) is 48.8 Å². The minimum Gasteiger partial charge on any atom is -0.266 e. The molecule has 4 aromatic rings. The maximum atomic E-state index is 12.5. The maximum Gasteiger partial charge on any atom is 0.291 e. The molecule has 1 aromatic carbocycles. The molecule has 0 atom stereocenters. The first-order chi connectivity index (χ1) is 11.6. The van der Waals surface area contributed by atoms with E-state index in [1.165, 1.54) is 15.9 Å². The first-order valence-corrected chi connectivity index (χ1v) is 8.46. The van der Waals surface area contributed by atoms with E-state index in [2.05, 4.69) is 15.1 Å². The molecule has 0 saturated carbocycles. The quantitative estimate of drug-likeness (QED) is 0.540. The van der Waals surface area contributed by atoms with Gasteiger partial charge in [-0.2, -0.15) is 9.50 Å². The summed E-state index contributed by atoms with van der Waals surface area (Å²) in [6.45, 7) is 0. The molecule has 0 N–H and O–H groups in total. The minimum atomic E-state index is -0.214. The molecule has 0 spiro atoms. The largest absolute Gasteiger partial charge is 0.291 e. The highest BCUT2D eigenvalue weighted by Gasteiger charge is 2.11. The summed E-state index contributed by atoms with van der Waals surface area (Å²) in [4.78, 5) is 21.4. The van der Waals surface area contributed by atoms with E-state index >= 15 is 0 Å². The second kappa shape index (κ2) is 5.98. The Kier molecular flexibility index (Phi) is 3.80. The van der Waals surface area contributed by atoms with Gasteiger partial charge < -0.3 is 0 Å². The van der Waals surface area contributed by atoms with Crippen molar-refractivity contribution in [3.63, 3.8) is 0 Å². The van der Waals surface area contributed by atoms with Crippen LogP contribution in [0.2, 0.25) is 10.0 Å². The molecular formula is C16H8Cl2N4OS. The van der Waals surface area contributed by atoms with Crippen molar-refractivity contribution in [1.29, 1.82) is 0 Å². The summed E-state index contributed by atoms with van der Waals surface area (Å²) >= 11 is 13.2. The van der Waals surface area contributed by atoms with Crippen molar-refractivity contribution < 1.29 is 0 Å². The molecule has 118 valence electrons. The van der Waals surface area contributed by atoms with Gasteiger partial charge in [-0.15, -0.1) is 5.10 Å². The molecule has 3 aromatic heterocycles. The maximum absolute atomic E-state index is 12.5. The van der Waals surface area contributed by atoms with E-state index in [0.717, 1.165) is 11.1 Å². The van der Waals surface area contributed by atoms with Gasteiger partial charge in [0, 0.05) is 18.0 Å². The van der Waals surface area contributed by atoms with Gasteiger partial charge in [-0.3, -0.25) is 9.78 Å². The number of hydrogen-bond acceptors (Lipinski definition) is 5. The van der Waals surface area contributed by atoms with Gasteiger partial charge in [0.15, 0.2) is 5.82 Å². The Morgan fingerprint density at radius 2 is 1.88 bits per heavy atom. The highest BCUT2D eigenvalue weighted by molar-refractivity contribution is 7.15. The van der Waals surface area contributed by atoms with E-state index in [-0.39, 0.29) is 5.56 Å². The van der Waals surface area contributed by atoms with Crippen molar-refractivity contribution in [2.24, 2.45) is 0 Å². The molecule has 0 saturated heterocycles. The zero-order chi connectivity index (χ0) is 16.7. The van der Waals surface area contributed by atoms with Crippen LogP contribution in [-0.4, -0.2) is 19.6 Å². The van der Waals surface area contributed by atoms with Gasteiger partial charge in [-0.1, -0.05) is 40.6 Å². The monoisotopic (exact) mass is 374 g/mol. The number of rotatable bonds is 2. The van der Waals surface area contributed by atoms with Crippen LogP contribution in [0.25, 0.3) is 22.4 Å². The third-order valence-electron chi connectivity index (χ3n) is 3.36. The van der Waals surface area contributed by atoms with Gasteiger partial charge in [0.25, 0.3) is 5.56 Å². The molecule has 5 nitrogen and oxygen atoms in total. The molecule has 4 rings (SSSR count). The third kappa shape index (κ3) is 2.69. The highest BCUT2D eigenvalue weighted by atomic mass is 35.5. The lowest BCUT2D eigenvalue weighted by molar-refractivity contribution is 0.936. The van der Waals surface area contributed by atoms with Gasteiger partial charge in [-0.25, -0.2) is 0 Å². The fourth-order valence-corrected chi connectivity index (χ4v) is 3.42. The smallest absolute Gasteiger partial charge is 0.266 e. The number of pyridine rings is 1. The summed E-state index contributed by atoms with van der Waals surface area (Å²) in [6, 6.07) is 8.80. The van der Waals surface area contributed by atoms with Gasteiger partial charge in [0.1, 0.15) is 0 Å². The van der Waals surface area contributed by atoms with Crippen LogP contribution in [0.1, 0.15) is 5.56 Å². The van der Waals surface area contributed by atoms with Crippen molar-refractivity contribution in [2.45, 2.75) is 0 Å². The van der Waals surface area contributed by atoms with Crippen LogP contribution >= 0.6 is 34.5 Å². The third-order valence-corrected chi connectivity index (χ3v) is 5.06. The molecule has 8 heteroatoms. The minimum absolute atomic E-state index is 0.214.